The Morgan fingerprint density at radius 1 is 1.63 bits per heavy atom. The van der Waals surface area contributed by atoms with Gasteiger partial charge in [0.1, 0.15) is 12.1 Å². The number of benzene rings is 1. The molecule has 0 aliphatic heterocycles. The minimum atomic E-state index is -0.891. The second kappa shape index (κ2) is 6.50. The summed E-state index contributed by atoms with van der Waals surface area (Å²) in [5.74, 6) is 0.131. The van der Waals surface area contributed by atoms with Crippen LogP contribution < -0.4 is 10.1 Å². The lowest BCUT2D eigenvalue weighted by Gasteiger charge is -2.22. The Bertz CT molecular complexity index is 515. The van der Waals surface area contributed by atoms with Crippen LogP contribution in [0.3, 0.4) is 0 Å². The van der Waals surface area contributed by atoms with Crippen LogP contribution in [0.5, 0.6) is 5.75 Å². The summed E-state index contributed by atoms with van der Waals surface area (Å²) < 4.78 is 5.95. The smallest absolute Gasteiger partial charge is 0.312 e. The van der Waals surface area contributed by atoms with Crippen molar-refractivity contribution < 1.29 is 9.66 Å². The number of rotatable bonds is 6. The first-order valence-electron chi connectivity index (χ1n) is 5.65. The first kappa shape index (κ1) is 15.4. The molecule has 0 radical (unpaired) electrons. The van der Waals surface area contributed by atoms with Gasteiger partial charge in [-0.3, -0.25) is 15.4 Å². The van der Waals surface area contributed by atoms with Crippen LogP contribution in [0.2, 0.25) is 0 Å². The highest BCUT2D eigenvalue weighted by Gasteiger charge is 2.26. The molecule has 0 aliphatic carbocycles. The van der Waals surface area contributed by atoms with Gasteiger partial charge in [-0.2, -0.15) is 5.26 Å². The fourth-order valence-electron chi connectivity index (χ4n) is 1.51. The molecular weight excluding hydrogens is 314 g/mol. The van der Waals surface area contributed by atoms with Gasteiger partial charge in [0, 0.05) is 6.07 Å². The molecule has 0 amide bonds. The first-order chi connectivity index (χ1) is 8.93. The van der Waals surface area contributed by atoms with Crippen LogP contribution in [0, 0.1) is 21.4 Å². The number of hydrogen-bond donors (Lipinski definition) is 1. The molecule has 1 unspecified atom stereocenters. The highest BCUT2D eigenvalue weighted by molar-refractivity contribution is 9.10. The van der Waals surface area contributed by atoms with Crippen molar-refractivity contribution in [2.75, 3.05) is 13.2 Å². The van der Waals surface area contributed by atoms with E-state index in [4.69, 9.17) is 10.00 Å². The van der Waals surface area contributed by atoms with Crippen molar-refractivity contribution in [2.45, 2.75) is 19.4 Å². The van der Waals surface area contributed by atoms with Gasteiger partial charge < -0.3 is 4.74 Å². The number of nitriles is 1. The molecule has 0 saturated carbocycles. The van der Waals surface area contributed by atoms with Crippen molar-refractivity contribution >= 4 is 21.6 Å². The lowest BCUT2D eigenvalue weighted by atomic mass is 10.1. The second-order valence-electron chi connectivity index (χ2n) is 4.11. The van der Waals surface area contributed by atoms with E-state index >= 15 is 0 Å². The van der Waals surface area contributed by atoms with Crippen LogP contribution >= 0.6 is 15.9 Å². The average molecular weight is 328 g/mol. The number of likely N-dealkylation sites (N-methyl/N-ethyl adjacent to an activating group) is 1. The molecule has 1 N–H and O–H groups in total. The van der Waals surface area contributed by atoms with E-state index < -0.39 is 10.5 Å². The zero-order chi connectivity index (χ0) is 14.5. The number of halogens is 1. The first-order valence-corrected chi connectivity index (χ1v) is 6.45. The van der Waals surface area contributed by atoms with Crippen LogP contribution in [0.15, 0.2) is 22.7 Å². The SMILES string of the molecule is CCNC(C)(C#N)COc1c(Br)cccc1[N+](=O)[O-]. The van der Waals surface area contributed by atoms with Crippen molar-refractivity contribution in [1.29, 1.82) is 5.26 Å². The molecule has 0 aromatic heterocycles. The minimum Gasteiger partial charge on any atom is -0.483 e. The number of nitro benzene ring substituents is 1. The normalized spacial score (nSPS) is 13.4. The van der Waals surface area contributed by atoms with Crippen molar-refractivity contribution in [1.82, 2.24) is 5.32 Å². The van der Waals surface area contributed by atoms with Crippen LogP contribution in [0.1, 0.15) is 13.8 Å². The Kier molecular flexibility index (Phi) is 5.27. The predicted molar refractivity (Wildman–Crippen MR) is 74.0 cm³/mol. The van der Waals surface area contributed by atoms with Crippen LogP contribution in [0.4, 0.5) is 5.69 Å². The van der Waals surface area contributed by atoms with Gasteiger partial charge in [0.2, 0.25) is 5.75 Å². The molecule has 102 valence electrons. The van der Waals surface area contributed by atoms with Crippen molar-refractivity contribution in [3.05, 3.63) is 32.8 Å². The van der Waals surface area contributed by atoms with Crippen molar-refractivity contribution in [2.24, 2.45) is 0 Å². The van der Waals surface area contributed by atoms with Crippen LogP contribution in [-0.4, -0.2) is 23.6 Å². The summed E-state index contributed by atoms with van der Waals surface area (Å²) in [5.41, 5.74) is -1.02. The number of para-hydroxylation sites is 1. The van der Waals surface area contributed by atoms with Crippen molar-refractivity contribution in [3.63, 3.8) is 0 Å². The van der Waals surface area contributed by atoms with Gasteiger partial charge in [-0.25, -0.2) is 0 Å². The zero-order valence-electron chi connectivity index (χ0n) is 10.6. The number of nitrogens with one attached hydrogen (secondary N) is 1. The van der Waals surface area contributed by atoms with E-state index in [1.807, 2.05) is 6.92 Å². The fraction of sp³-hybridized carbons (Fsp3) is 0.417. The number of nitro groups is 1. The Morgan fingerprint density at radius 3 is 2.84 bits per heavy atom. The molecule has 1 aromatic carbocycles. The highest BCUT2D eigenvalue weighted by atomic mass is 79.9. The van der Waals surface area contributed by atoms with Gasteiger partial charge in [-0.05, 0) is 35.5 Å². The molecule has 1 aromatic rings. The van der Waals surface area contributed by atoms with Gasteiger partial charge in [0.15, 0.2) is 0 Å². The molecule has 0 fully saturated rings. The molecule has 0 spiro atoms. The zero-order valence-corrected chi connectivity index (χ0v) is 12.2. The average Bonchev–Trinajstić information content (AvgIpc) is 2.37. The Morgan fingerprint density at radius 2 is 2.32 bits per heavy atom. The third-order valence-electron chi connectivity index (χ3n) is 2.46. The maximum absolute atomic E-state index is 10.9. The Hall–Kier alpha value is -1.65. The molecule has 0 saturated heterocycles. The summed E-state index contributed by atoms with van der Waals surface area (Å²) in [6.07, 6.45) is 0. The summed E-state index contributed by atoms with van der Waals surface area (Å²) in [5, 5.41) is 23.0. The molecule has 6 nitrogen and oxygen atoms in total. The lowest BCUT2D eigenvalue weighted by molar-refractivity contribution is -0.386. The molecule has 19 heavy (non-hydrogen) atoms. The maximum Gasteiger partial charge on any atom is 0.312 e. The molecule has 7 heteroatoms. The van der Waals surface area contributed by atoms with E-state index in [0.29, 0.717) is 11.0 Å². The van der Waals surface area contributed by atoms with Crippen LogP contribution in [0.25, 0.3) is 0 Å². The quantitative estimate of drug-likeness (QED) is 0.640. The Balaban J connectivity index is 2.95. The molecule has 1 rings (SSSR count). The Labute approximate surface area is 119 Å². The van der Waals surface area contributed by atoms with E-state index in [1.54, 1.807) is 19.1 Å². The summed E-state index contributed by atoms with van der Waals surface area (Å²) in [6, 6.07) is 6.67. The van der Waals surface area contributed by atoms with Crippen molar-refractivity contribution in [3.8, 4) is 11.8 Å². The summed E-state index contributed by atoms with van der Waals surface area (Å²) in [7, 11) is 0. The highest BCUT2D eigenvalue weighted by Crippen LogP contribution is 2.35. The molecular formula is C12H14BrN3O3. The molecule has 0 aliphatic rings. The van der Waals surface area contributed by atoms with Gasteiger partial charge in [-0.15, -0.1) is 0 Å². The van der Waals surface area contributed by atoms with Gasteiger partial charge in [0.05, 0.1) is 15.5 Å². The fourth-order valence-corrected chi connectivity index (χ4v) is 1.98. The minimum absolute atomic E-state index is 0.0147. The predicted octanol–water partition coefficient (Wildman–Crippen LogP) is 2.63. The largest absolute Gasteiger partial charge is 0.483 e. The lowest BCUT2D eigenvalue weighted by Crippen LogP contribution is -2.46. The molecule has 1 atom stereocenters. The van der Waals surface area contributed by atoms with Gasteiger partial charge >= 0.3 is 5.69 Å². The topological polar surface area (TPSA) is 88.2 Å². The van der Waals surface area contributed by atoms with E-state index in [1.165, 1.54) is 6.07 Å². The third-order valence-corrected chi connectivity index (χ3v) is 3.09. The standard InChI is InChI=1S/C12H14BrN3O3/c1-3-15-12(2,7-14)8-19-11-9(13)5-4-6-10(11)16(17)18/h4-6,15H,3,8H2,1-2H3. The van der Waals surface area contributed by atoms with E-state index in [2.05, 4.69) is 27.3 Å². The number of ether oxygens (including phenoxy) is 1. The monoisotopic (exact) mass is 327 g/mol. The van der Waals surface area contributed by atoms with E-state index in [0.717, 1.165) is 0 Å². The molecule has 0 heterocycles. The van der Waals surface area contributed by atoms with Crippen LogP contribution in [-0.2, 0) is 0 Å². The van der Waals surface area contributed by atoms with Gasteiger partial charge in [-0.1, -0.05) is 13.0 Å². The maximum atomic E-state index is 10.9. The summed E-state index contributed by atoms with van der Waals surface area (Å²) in [4.78, 5) is 10.4. The van der Waals surface area contributed by atoms with Gasteiger partial charge in [0.25, 0.3) is 0 Å². The summed E-state index contributed by atoms with van der Waals surface area (Å²) >= 11 is 3.21. The number of hydrogen-bond acceptors (Lipinski definition) is 5. The van der Waals surface area contributed by atoms with E-state index in [9.17, 15) is 10.1 Å². The second-order valence-corrected chi connectivity index (χ2v) is 4.96. The van der Waals surface area contributed by atoms with E-state index in [-0.39, 0.29) is 18.0 Å². The summed E-state index contributed by atoms with van der Waals surface area (Å²) in [6.45, 7) is 4.17. The molecule has 0 bridgehead atoms. The third kappa shape index (κ3) is 3.91. The number of nitrogens with zero attached hydrogens (tertiary/aromatic N) is 2.